The van der Waals surface area contributed by atoms with E-state index in [1.807, 2.05) is 18.7 Å². The fourth-order valence-electron chi connectivity index (χ4n) is 5.55. The predicted octanol–water partition coefficient (Wildman–Crippen LogP) is 5.33. The Labute approximate surface area is 179 Å². The lowest BCUT2D eigenvalue weighted by Crippen LogP contribution is -2.63. The van der Waals surface area contributed by atoms with Gasteiger partial charge in [0.25, 0.3) is 0 Å². The quantitative estimate of drug-likeness (QED) is 0.623. The Hall–Kier alpha value is -1.43. The van der Waals surface area contributed by atoms with E-state index in [1.54, 1.807) is 11.3 Å². The molecule has 2 aliphatic heterocycles. The molecule has 3 atom stereocenters. The molecule has 0 radical (unpaired) electrons. The van der Waals surface area contributed by atoms with Crippen molar-refractivity contribution in [3.05, 3.63) is 47.5 Å². The highest BCUT2D eigenvalue weighted by Gasteiger charge is 2.51. The van der Waals surface area contributed by atoms with Gasteiger partial charge in [-0.1, -0.05) is 37.3 Å². The van der Waals surface area contributed by atoms with Gasteiger partial charge in [-0.2, -0.15) is 0 Å². The minimum atomic E-state index is 0.0102. The minimum absolute atomic E-state index is 0.0102. The zero-order valence-corrected chi connectivity index (χ0v) is 18.9. The summed E-state index contributed by atoms with van der Waals surface area (Å²) < 4.78 is 6.20. The highest BCUT2D eigenvalue weighted by Crippen LogP contribution is 2.48. The van der Waals surface area contributed by atoms with Gasteiger partial charge in [-0.15, -0.1) is 11.3 Å². The third-order valence-corrected chi connectivity index (χ3v) is 8.21. The number of aromatic nitrogens is 1. The second kappa shape index (κ2) is 8.37. The van der Waals surface area contributed by atoms with Crippen LogP contribution in [0.15, 0.2) is 41.9 Å². The maximum Gasteiger partial charge on any atom is 0.182 e. The highest BCUT2D eigenvalue weighted by molar-refractivity contribution is 7.13. The lowest BCUT2D eigenvalue weighted by Gasteiger charge is -2.58. The number of piperidine rings is 2. The molecule has 0 aliphatic carbocycles. The van der Waals surface area contributed by atoms with Crippen LogP contribution in [0.4, 0.5) is 5.13 Å². The zero-order chi connectivity index (χ0) is 20.4. The second-order valence-corrected chi connectivity index (χ2v) is 10.4. The molecule has 0 amide bonds. The van der Waals surface area contributed by atoms with Crippen LogP contribution in [0, 0.1) is 0 Å². The van der Waals surface area contributed by atoms with Crippen molar-refractivity contribution < 1.29 is 4.74 Å². The number of anilines is 1. The monoisotopic (exact) mass is 413 g/mol. The number of fused-ring (bicyclic) bond motifs is 1. The number of benzene rings is 1. The predicted molar refractivity (Wildman–Crippen MR) is 122 cm³/mol. The lowest BCUT2D eigenvalue weighted by molar-refractivity contribution is -0.128. The van der Waals surface area contributed by atoms with E-state index in [4.69, 9.17) is 4.74 Å². The Morgan fingerprint density at radius 3 is 2.72 bits per heavy atom. The van der Waals surface area contributed by atoms with Crippen molar-refractivity contribution in [3.63, 3.8) is 0 Å². The maximum atomic E-state index is 6.20. The largest absolute Gasteiger partial charge is 0.378 e. The van der Waals surface area contributed by atoms with Gasteiger partial charge in [0, 0.05) is 49.3 Å². The molecule has 0 spiro atoms. The van der Waals surface area contributed by atoms with Gasteiger partial charge in [0.1, 0.15) is 0 Å². The minimum Gasteiger partial charge on any atom is -0.378 e. The molecule has 3 heterocycles. The van der Waals surface area contributed by atoms with Gasteiger partial charge in [0.2, 0.25) is 0 Å². The molecule has 2 aromatic rings. The van der Waals surface area contributed by atoms with E-state index in [2.05, 4.69) is 59.4 Å². The molecule has 2 fully saturated rings. The van der Waals surface area contributed by atoms with Crippen molar-refractivity contribution in [2.45, 2.75) is 68.9 Å². The molecule has 2 saturated heterocycles. The molecule has 158 valence electrons. The molecule has 0 saturated carbocycles. The van der Waals surface area contributed by atoms with Crippen molar-refractivity contribution in [3.8, 4) is 0 Å². The van der Waals surface area contributed by atoms with E-state index >= 15 is 0 Å². The Morgan fingerprint density at radius 1 is 1.17 bits per heavy atom. The summed E-state index contributed by atoms with van der Waals surface area (Å²) >= 11 is 1.67. The van der Waals surface area contributed by atoms with Gasteiger partial charge in [-0.3, -0.25) is 4.90 Å². The van der Waals surface area contributed by atoms with Gasteiger partial charge in [0.05, 0.1) is 5.60 Å². The first-order valence-corrected chi connectivity index (χ1v) is 11.8. The summed E-state index contributed by atoms with van der Waals surface area (Å²) in [6.07, 6.45) is 8.83. The smallest absolute Gasteiger partial charge is 0.182 e. The van der Waals surface area contributed by atoms with Crippen LogP contribution in [0.25, 0.3) is 0 Å². The van der Waals surface area contributed by atoms with Crippen LogP contribution in [0.5, 0.6) is 0 Å². The van der Waals surface area contributed by atoms with Gasteiger partial charge in [-0.25, -0.2) is 4.98 Å². The summed E-state index contributed by atoms with van der Waals surface area (Å²) in [4.78, 5) is 7.07. The van der Waals surface area contributed by atoms with E-state index in [9.17, 15) is 0 Å². The van der Waals surface area contributed by atoms with Crippen molar-refractivity contribution in [2.24, 2.45) is 0 Å². The first-order chi connectivity index (χ1) is 14.0. The Balaban J connectivity index is 1.38. The third-order valence-electron chi connectivity index (χ3n) is 7.48. The molecule has 4 rings (SSSR count). The second-order valence-electron chi connectivity index (χ2n) is 9.53. The van der Waals surface area contributed by atoms with Crippen molar-refractivity contribution in [1.82, 2.24) is 9.88 Å². The van der Waals surface area contributed by atoms with Gasteiger partial charge in [-0.05, 0) is 51.0 Å². The zero-order valence-electron chi connectivity index (χ0n) is 18.1. The standard InChI is InChI=1S/C24H35N3OS/c1-22(20-8-5-4-6-9-20)11-12-23(2)18-24(28-3,13-16-27(23)19-22)10-7-14-25-21-26-15-17-29-21/h4-6,8-9,15,17H,7,10-14,16,18-19H2,1-3H3,(H,25,26). The first-order valence-electron chi connectivity index (χ1n) is 11.0. The molecule has 3 unspecified atom stereocenters. The normalized spacial score (nSPS) is 32.7. The summed E-state index contributed by atoms with van der Waals surface area (Å²) in [5.41, 5.74) is 1.99. The number of methoxy groups -OCH3 is 1. The maximum absolute atomic E-state index is 6.20. The number of rotatable bonds is 7. The van der Waals surface area contributed by atoms with Gasteiger partial charge in [0.15, 0.2) is 5.13 Å². The molecule has 2 aliphatic rings. The lowest BCUT2D eigenvalue weighted by atomic mass is 9.65. The van der Waals surface area contributed by atoms with Gasteiger partial charge >= 0.3 is 0 Å². The fraction of sp³-hybridized carbons (Fsp3) is 0.625. The summed E-state index contributed by atoms with van der Waals surface area (Å²) in [5.74, 6) is 0. The molecule has 0 bridgehead atoms. The molecule has 1 N–H and O–H groups in total. The molecule has 1 aromatic carbocycles. The average Bonchev–Trinajstić information content (AvgIpc) is 3.26. The van der Waals surface area contributed by atoms with E-state index < -0.39 is 0 Å². The molecule has 4 nitrogen and oxygen atoms in total. The van der Waals surface area contributed by atoms with E-state index in [1.165, 1.54) is 18.4 Å². The molecule has 5 heteroatoms. The number of nitrogens with one attached hydrogen (secondary N) is 1. The molecular weight excluding hydrogens is 378 g/mol. The number of hydrogen-bond acceptors (Lipinski definition) is 5. The summed E-state index contributed by atoms with van der Waals surface area (Å²) in [7, 11) is 1.92. The van der Waals surface area contributed by atoms with Crippen molar-refractivity contribution in [1.29, 1.82) is 0 Å². The van der Waals surface area contributed by atoms with Crippen LogP contribution in [0.3, 0.4) is 0 Å². The Bertz CT molecular complexity index is 783. The first kappa shape index (κ1) is 20.8. The van der Waals surface area contributed by atoms with Crippen molar-refractivity contribution in [2.75, 3.05) is 32.1 Å². The number of nitrogens with zero attached hydrogens (tertiary/aromatic N) is 2. The average molecular weight is 414 g/mol. The van der Waals surface area contributed by atoms with E-state index in [0.717, 1.165) is 50.4 Å². The van der Waals surface area contributed by atoms with E-state index in [0.29, 0.717) is 0 Å². The van der Waals surface area contributed by atoms with Crippen molar-refractivity contribution >= 4 is 16.5 Å². The van der Waals surface area contributed by atoms with E-state index in [-0.39, 0.29) is 16.6 Å². The van der Waals surface area contributed by atoms with Crippen LogP contribution in [0.2, 0.25) is 0 Å². The Morgan fingerprint density at radius 2 is 2.00 bits per heavy atom. The number of hydrogen-bond donors (Lipinski definition) is 1. The van der Waals surface area contributed by atoms with Crippen LogP contribution in [-0.4, -0.2) is 47.8 Å². The molecule has 1 aromatic heterocycles. The van der Waals surface area contributed by atoms with Gasteiger partial charge < -0.3 is 10.1 Å². The summed E-state index contributed by atoms with van der Waals surface area (Å²) in [6.45, 7) is 8.17. The van der Waals surface area contributed by atoms with Crippen LogP contribution >= 0.6 is 11.3 Å². The number of ether oxygens (including phenoxy) is 1. The summed E-state index contributed by atoms with van der Waals surface area (Å²) in [5, 5.41) is 6.48. The SMILES string of the molecule is COC1(CCCNc2nccs2)CCN2CC(C)(c3ccccc3)CCC2(C)C1. The highest BCUT2D eigenvalue weighted by atomic mass is 32.1. The fourth-order valence-corrected chi connectivity index (χ4v) is 6.10. The molecule has 29 heavy (non-hydrogen) atoms. The van der Waals surface area contributed by atoms with Crippen LogP contribution in [-0.2, 0) is 10.2 Å². The van der Waals surface area contributed by atoms with Crippen LogP contribution in [0.1, 0.15) is 57.9 Å². The summed E-state index contributed by atoms with van der Waals surface area (Å²) in [6, 6.07) is 11.1. The topological polar surface area (TPSA) is 37.4 Å². The molecular formula is C24H35N3OS. The number of thiazole rings is 1. The Kier molecular flexibility index (Phi) is 6.01. The van der Waals surface area contributed by atoms with Crippen LogP contribution < -0.4 is 5.32 Å². The third kappa shape index (κ3) is 4.37.